The molecule has 2 fully saturated rings. The number of likely N-dealkylation sites (tertiary alicyclic amines) is 1. The van der Waals surface area contributed by atoms with E-state index in [0.29, 0.717) is 12.1 Å². The number of likely N-dealkylation sites (N-methyl/N-ethyl adjacent to an activating group) is 1. The van der Waals surface area contributed by atoms with Gasteiger partial charge in [0.05, 0.1) is 6.04 Å². The lowest BCUT2D eigenvalue weighted by Gasteiger charge is -2.36. The molecule has 1 saturated heterocycles. The van der Waals surface area contributed by atoms with Crippen LogP contribution in [0, 0.1) is 0 Å². The van der Waals surface area contributed by atoms with E-state index in [1.165, 1.54) is 32.1 Å². The zero-order valence-corrected chi connectivity index (χ0v) is 12.5. The molecule has 0 aromatic rings. The molecule has 19 heavy (non-hydrogen) atoms. The Morgan fingerprint density at radius 3 is 2.47 bits per heavy atom. The summed E-state index contributed by atoms with van der Waals surface area (Å²) in [6.07, 6.45) is 8.61. The highest BCUT2D eigenvalue weighted by atomic mass is 16.2. The predicted molar refractivity (Wildman–Crippen MR) is 78.1 cm³/mol. The quantitative estimate of drug-likeness (QED) is 0.811. The van der Waals surface area contributed by atoms with Crippen molar-refractivity contribution in [3.05, 3.63) is 0 Å². The monoisotopic (exact) mass is 267 g/mol. The lowest BCUT2D eigenvalue weighted by atomic mass is 9.95. The summed E-state index contributed by atoms with van der Waals surface area (Å²) < 4.78 is 0. The molecular formula is C15H29N3O. The van der Waals surface area contributed by atoms with Gasteiger partial charge < -0.3 is 10.6 Å². The van der Waals surface area contributed by atoms with Gasteiger partial charge in [0, 0.05) is 18.6 Å². The van der Waals surface area contributed by atoms with E-state index < -0.39 is 0 Å². The maximum atomic E-state index is 12.3. The number of hydrogen-bond acceptors (Lipinski definition) is 3. The molecule has 2 N–H and O–H groups in total. The van der Waals surface area contributed by atoms with Crippen LogP contribution >= 0.6 is 0 Å². The number of piperidine rings is 1. The van der Waals surface area contributed by atoms with Crippen LogP contribution in [-0.2, 0) is 4.79 Å². The molecule has 4 heteroatoms. The smallest absolute Gasteiger partial charge is 0.237 e. The number of rotatable bonds is 4. The van der Waals surface area contributed by atoms with Crippen molar-refractivity contribution in [2.75, 3.05) is 20.1 Å². The van der Waals surface area contributed by atoms with Crippen molar-refractivity contribution in [2.24, 2.45) is 0 Å². The molecule has 0 radical (unpaired) electrons. The summed E-state index contributed by atoms with van der Waals surface area (Å²) in [5.74, 6) is 0.226. The van der Waals surface area contributed by atoms with Gasteiger partial charge in [-0.05, 0) is 46.2 Å². The van der Waals surface area contributed by atoms with Crippen LogP contribution in [0.5, 0.6) is 0 Å². The number of hydrogen-bond donors (Lipinski definition) is 2. The Morgan fingerprint density at radius 1 is 1.11 bits per heavy atom. The Balaban J connectivity index is 1.80. The van der Waals surface area contributed by atoms with E-state index >= 15 is 0 Å². The molecule has 2 rings (SSSR count). The Kier molecular flexibility index (Phi) is 5.64. The van der Waals surface area contributed by atoms with Gasteiger partial charge in [0.1, 0.15) is 0 Å². The van der Waals surface area contributed by atoms with Crippen LogP contribution in [0.15, 0.2) is 0 Å². The average molecular weight is 267 g/mol. The summed E-state index contributed by atoms with van der Waals surface area (Å²) in [5.41, 5.74) is 0. The van der Waals surface area contributed by atoms with Gasteiger partial charge in [-0.3, -0.25) is 9.69 Å². The van der Waals surface area contributed by atoms with E-state index in [2.05, 4.69) is 22.5 Å². The molecule has 0 bridgehead atoms. The van der Waals surface area contributed by atoms with Crippen molar-refractivity contribution in [3.63, 3.8) is 0 Å². The minimum absolute atomic E-state index is 0.0121. The Morgan fingerprint density at radius 2 is 1.79 bits per heavy atom. The molecule has 2 atom stereocenters. The van der Waals surface area contributed by atoms with Gasteiger partial charge in [-0.15, -0.1) is 0 Å². The molecule has 0 aromatic carbocycles. The first-order chi connectivity index (χ1) is 9.20. The van der Waals surface area contributed by atoms with Crippen molar-refractivity contribution in [1.82, 2.24) is 15.5 Å². The van der Waals surface area contributed by atoms with E-state index in [1.807, 2.05) is 7.05 Å². The summed E-state index contributed by atoms with van der Waals surface area (Å²) >= 11 is 0. The lowest BCUT2D eigenvalue weighted by molar-refractivity contribution is -0.127. The number of carbonyl (C=O) groups is 1. The van der Waals surface area contributed by atoms with Gasteiger partial charge in [-0.2, -0.15) is 0 Å². The molecule has 4 nitrogen and oxygen atoms in total. The van der Waals surface area contributed by atoms with Gasteiger partial charge in [-0.1, -0.05) is 19.3 Å². The Bertz CT molecular complexity index is 289. The minimum Gasteiger partial charge on any atom is -0.352 e. The second kappa shape index (κ2) is 7.25. The minimum atomic E-state index is 0.0121. The highest BCUT2D eigenvalue weighted by Gasteiger charge is 2.28. The summed E-state index contributed by atoms with van der Waals surface area (Å²) in [5, 5.41) is 6.58. The largest absolute Gasteiger partial charge is 0.352 e. The van der Waals surface area contributed by atoms with Crippen LogP contribution in [0.3, 0.4) is 0 Å². The maximum absolute atomic E-state index is 12.3. The lowest BCUT2D eigenvalue weighted by Crippen LogP contribution is -2.54. The molecule has 0 spiro atoms. The molecule has 2 unspecified atom stereocenters. The fraction of sp³-hybridized carbons (Fsp3) is 0.933. The van der Waals surface area contributed by atoms with Crippen molar-refractivity contribution in [1.29, 1.82) is 0 Å². The SMILES string of the molecule is CNC1CCCN(C(C)C(=O)NC2CCCCC2)C1. The molecule has 2 aliphatic rings. The predicted octanol–water partition coefficient (Wildman–Crippen LogP) is 1.51. The normalized spacial score (nSPS) is 28.0. The summed E-state index contributed by atoms with van der Waals surface area (Å²) in [6, 6.07) is 0.977. The zero-order valence-electron chi connectivity index (χ0n) is 12.5. The van der Waals surface area contributed by atoms with Gasteiger partial charge in [0.2, 0.25) is 5.91 Å². The van der Waals surface area contributed by atoms with Crippen molar-refractivity contribution in [3.8, 4) is 0 Å². The third-order valence-electron chi connectivity index (χ3n) is 4.74. The third-order valence-corrected chi connectivity index (χ3v) is 4.74. The summed E-state index contributed by atoms with van der Waals surface area (Å²) in [4.78, 5) is 14.7. The van der Waals surface area contributed by atoms with Crippen molar-refractivity contribution in [2.45, 2.75) is 70.0 Å². The second-order valence-corrected chi connectivity index (χ2v) is 6.14. The fourth-order valence-electron chi connectivity index (χ4n) is 3.33. The highest BCUT2D eigenvalue weighted by Crippen LogP contribution is 2.18. The molecule has 1 saturated carbocycles. The van der Waals surface area contributed by atoms with Crippen LogP contribution in [0.2, 0.25) is 0 Å². The van der Waals surface area contributed by atoms with Crippen LogP contribution in [0.4, 0.5) is 0 Å². The fourth-order valence-corrected chi connectivity index (χ4v) is 3.33. The number of nitrogens with one attached hydrogen (secondary N) is 2. The summed E-state index contributed by atoms with van der Waals surface area (Å²) in [6.45, 7) is 4.10. The molecule has 110 valence electrons. The van der Waals surface area contributed by atoms with Crippen molar-refractivity contribution >= 4 is 5.91 Å². The first-order valence-electron chi connectivity index (χ1n) is 7.92. The molecule has 1 aliphatic carbocycles. The van der Waals surface area contributed by atoms with Gasteiger partial charge >= 0.3 is 0 Å². The van der Waals surface area contributed by atoms with Gasteiger partial charge in [0.15, 0.2) is 0 Å². The molecule has 1 aliphatic heterocycles. The van der Waals surface area contributed by atoms with E-state index in [4.69, 9.17) is 0 Å². The zero-order chi connectivity index (χ0) is 13.7. The van der Waals surface area contributed by atoms with Crippen LogP contribution in [0.1, 0.15) is 51.9 Å². The first kappa shape index (κ1) is 14.8. The van der Waals surface area contributed by atoms with Gasteiger partial charge in [-0.25, -0.2) is 0 Å². The first-order valence-corrected chi connectivity index (χ1v) is 7.92. The van der Waals surface area contributed by atoms with Crippen LogP contribution in [0.25, 0.3) is 0 Å². The molecular weight excluding hydrogens is 238 g/mol. The summed E-state index contributed by atoms with van der Waals surface area (Å²) in [7, 11) is 2.01. The van der Waals surface area contributed by atoms with E-state index in [0.717, 1.165) is 25.9 Å². The van der Waals surface area contributed by atoms with Crippen LogP contribution < -0.4 is 10.6 Å². The number of carbonyl (C=O) groups excluding carboxylic acids is 1. The third kappa shape index (κ3) is 4.18. The number of amides is 1. The molecule has 1 amide bonds. The standard InChI is InChI=1S/C15H29N3O/c1-12(18-10-6-9-14(11-18)16-2)15(19)17-13-7-4-3-5-8-13/h12-14,16H,3-11H2,1-2H3,(H,17,19). The average Bonchev–Trinajstić information content (AvgIpc) is 2.47. The molecule has 0 aromatic heterocycles. The molecule has 1 heterocycles. The van der Waals surface area contributed by atoms with E-state index in [1.54, 1.807) is 0 Å². The van der Waals surface area contributed by atoms with Crippen molar-refractivity contribution < 1.29 is 4.79 Å². The van der Waals surface area contributed by atoms with Crippen LogP contribution in [-0.4, -0.2) is 49.1 Å². The number of nitrogens with zero attached hydrogens (tertiary/aromatic N) is 1. The van der Waals surface area contributed by atoms with E-state index in [9.17, 15) is 4.79 Å². The second-order valence-electron chi connectivity index (χ2n) is 6.14. The topological polar surface area (TPSA) is 44.4 Å². The Labute approximate surface area is 117 Å². The maximum Gasteiger partial charge on any atom is 0.237 e. The highest BCUT2D eigenvalue weighted by molar-refractivity contribution is 5.81. The van der Waals surface area contributed by atoms with Gasteiger partial charge in [0.25, 0.3) is 0 Å². The Hall–Kier alpha value is -0.610. The van der Waals surface area contributed by atoms with E-state index in [-0.39, 0.29) is 11.9 Å².